The molecule has 0 saturated carbocycles. The molecule has 0 aliphatic carbocycles. The highest BCUT2D eigenvalue weighted by molar-refractivity contribution is 7.11. The van der Waals surface area contributed by atoms with Gasteiger partial charge in [-0.25, -0.2) is 0 Å². The molecule has 0 N–H and O–H groups in total. The normalized spacial score (nSPS) is 10.7. The lowest BCUT2D eigenvalue weighted by Crippen LogP contribution is -1.91. The summed E-state index contributed by atoms with van der Waals surface area (Å²) in [5, 5.41) is 2.85. The van der Waals surface area contributed by atoms with Crippen molar-refractivity contribution in [1.82, 2.24) is 4.98 Å². The zero-order chi connectivity index (χ0) is 8.10. The third kappa shape index (κ3) is 2.91. The van der Waals surface area contributed by atoms with Crippen LogP contribution in [0.3, 0.4) is 0 Å². The van der Waals surface area contributed by atoms with Crippen molar-refractivity contribution in [1.29, 1.82) is 0 Å². The molecule has 0 saturated heterocycles. The average molecular weight is 190 g/mol. The van der Waals surface area contributed by atoms with Crippen LogP contribution in [0.4, 0.5) is 0 Å². The van der Waals surface area contributed by atoms with E-state index in [1.807, 2.05) is 19.1 Å². The van der Waals surface area contributed by atoms with Crippen molar-refractivity contribution in [2.45, 2.75) is 6.92 Å². The highest BCUT2D eigenvalue weighted by Crippen LogP contribution is 2.20. The van der Waals surface area contributed by atoms with E-state index in [4.69, 9.17) is 16.3 Å². The molecule has 60 valence electrons. The Labute approximate surface area is 74.5 Å². The monoisotopic (exact) mass is 189 g/mol. The van der Waals surface area contributed by atoms with Crippen LogP contribution in [-0.2, 0) is 0 Å². The van der Waals surface area contributed by atoms with Crippen LogP contribution in [0.5, 0.6) is 5.19 Å². The zero-order valence-electron chi connectivity index (χ0n) is 6.08. The third-order valence-electron chi connectivity index (χ3n) is 0.994. The Morgan fingerprint density at radius 1 is 1.82 bits per heavy atom. The molecule has 2 nitrogen and oxygen atoms in total. The minimum absolute atomic E-state index is 0.491. The Bertz CT molecular complexity index is 246. The quantitative estimate of drug-likeness (QED) is 0.683. The second-order valence-electron chi connectivity index (χ2n) is 1.82. The molecular formula is C7H8ClNOS. The van der Waals surface area contributed by atoms with Gasteiger partial charge in [-0.3, -0.25) is 0 Å². The minimum atomic E-state index is 0.491. The van der Waals surface area contributed by atoms with Gasteiger partial charge in [0.15, 0.2) is 0 Å². The molecule has 0 aromatic carbocycles. The van der Waals surface area contributed by atoms with E-state index in [1.165, 1.54) is 11.3 Å². The first-order chi connectivity index (χ1) is 5.33. The summed E-state index contributed by atoms with van der Waals surface area (Å²) in [4.78, 5) is 3.91. The molecule has 0 radical (unpaired) electrons. The minimum Gasteiger partial charge on any atom is -0.466 e. The van der Waals surface area contributed by atoms with Crippen LogP contribution in [0.15, 0.2) is 17.5 Å². The first-order valence-corrected chi connectivity index (χ1v) is 4.43. The summed E-state index contributed by atoms with van der Waals surface area (Å²) >= 11 is 6.98. The van der Waals surface area contributed by atoms with Gasteiger partial charge < -0.3 is 4.74 Å². The predicted octanol–water partition coefficient (Wildman–Crippen LogP) is 2.75. The van der Waals surface area contributed by atoms with Crippen molar-refractivity contribution in [3.8, 4) is 5.19 Å². The fourth-order valence-corrected chi connectivity index (χ4v) is 1.32. The van der Waals surface area contributed by atoms with E-state index < -0.39 is 0 Å². The standard InChI is InChI=1S/C7H8ClNOS/c1-2-3-4-10-7-9-6(8)5-11-7/h2-3,5H,4H2,1H3/b3-2+. The van der Waals surface area contributed by atoms with E-state index in [9.17, 15) is 0 Å². The topological polar surface area (TPSA) is 22.1 Å². The van der Waals surface area contributed by atoms with Gasteiger partial charge in [-0.2, -0.15) is 4.98 Å². The fraction of sp³-hybridized carbons (Fsp3) is 0.286. The highest BCUT2D eigenvalue weighted by Gasteiger charge is 1.97. The molecule has 1 heterocycles. The smallest absolute Gasteiger partial charge is 0.274 e. The maximum atomic E-state index is 5.57. The molecule has 0 bridgehead atoms. The maximum absolute atomic E-state index is 5.57. The van der Waals surface area contributed by atoms with E-state index in [0.29, 0.717) is 17.0 Å². The molecule has 0 aliphatic heterocycles. The Balaban J connectivity index is 2.38. The molecule has 4 heteroatoms. The van der Waals surface area contributed by atoms with Crippen molar-refractivity contribution in [3.63, 3.8) is 0 Å². The van der Waals surface area contributed by atoms with Gasteiger partial charge in [-0.1, -0.05) is 35.1 Å². The zero-order valence-corrected chi connectivity index (χ0v) is 7.65. The van der Waals surface area contributed by atoms with Gasteiger partial charge in [0.1, 0.15) is 11.8 Å². The molecule has 0 unspecified atom stereocenters. The Morgan fingerprint density at radius 3 is 3.18 bits per heavy atom. The van der Waals surface area contributed by atoms with Gasteiger partial charge in [-0.15, -0.1) is 0 Å². The summed E-state index contributed by atoms with van der Waals surface area (Å²) in [7, 11) is 0. The van der Waals surface area contributed by atoms with Gasteiger partial charge in [-0.05, 0) is 6.92 Å². The number of halogens is 1. The Morgan fingerprint density at radius 2 is 2.64 bits per heavy atom. The van der Waals surface area contributed by atoms with Crippen LogP contribution in [0.1, 0.15) is 6.92 Å². The Hall–Kier alpha value is -0.540. The van der Waals surface area contributed by atoms with Crippen molar-refractivity contribution in [2.75, 3.05) is 6.61 Å². The average Bonchev–Trinajstić information content (AvgIpc) is 2.37. The van der Waals surface area contributed by atoms with Crippen molar-refractivity contribution >= 4 is 22.9 Å². The van der Waals surface area contributed by atoms with Crippen LogP contribution in [0, 0.1) is 0 Å². The van der Waals surface area contributed by atoms with Crippen molar-refractivity contribution in [3.05, 3.63) is 22.7 Å². The summed E-state index contributed by atoms with van der Waals surface area (Å²) < 4.78 is 5.20. The molecule has 0 fully saturated rings. The summed E-state index contributed by atoms with van der Waals surface area (Å²) in [5.41, 5.74) is 0. The van der Waals surface area contributed by atoms with Crippen molar-refractivity contribution in [2.24, 2.45) is 0 Å². The summed E-state index contributed by atoms with van der Waals surface area (Å²) in [6, 6.07) is 0. The lowest BCUT2D eigenvalue weighted by atomic mass is 10.6. The first kappa shape index (κ1) is 8.56. The molecule has 0 spiro atoms. The summed E-state index contributed by atoms with van der Waals surface area (Å²) in [6.45, 7) is 2.50. The molecule has 1 aromatic heterocycles. The molecular weight excluding hydrogens is 182 g/mol. The van der Waals surface area contributed by atoms with E-state index in [1.54, 1.807) is 5.38 Å². The van der Waals surface area contributed by atoms with Gasteiger partial charge in [0.05, 0.1) is 0 Å². The Kier molecular flexibility index (Phi) is 3.39. The molecule has 0 amide bonds. The number of aromatic nitrogens is 1. The largest absolute Gasteiger partial charge is 0.466 e. The second-order valence-corrected chi connectivity index (χ2v) is 3.02. The molecule has 1 aromatic rings. The lowest BCUT2D eigenvalue weighted by molar-refractivity contribution is 0.360. The number of hydrogen-bond acceptors (Lipinski definition) is 3. The van der Waals surface area contributed by atoms with Gasteiger partial charge in [0.2, 0.25) is 0 Å². The lowest BCUT2D eigenvalue weighted by Gasteiger charge is -1.94. The number of thiazole rings is 1. The summed E-state index contributed by atoms with van der Waals surface area (Å²) in [6.07, 6.45) is 3.84. The van der Waals surface area contributed by atoms with Gasteiger partial charge in [0, 0.05) is 5.38 Å². The van der Waals surface area contributed by atoms with Gasteiger partial charge >= 0.3 is 0 Å². The van der Waals surface area contributed by atoms with Crippen LogP contribution < -0.4 is 4.74 Å². The molecule has 1 rings (SSSR count). The maximum Gasteiger partial charge on any atom is 0.274 e. The van der Waals surface area contributed by atoms with E-state index in [-0.39, 0.29) is 0 Å². The van der Waals surface area contributed by atoms with Crippen LogP contribution >= 0.6 is 22.9 Å². The van der Waals surface area contributed by atoms with Crippen LogP contribution in [0.25, 0.3) is 0 Å². The SMILES string of the molecule is C/C=C/COc1nc(Cl)cs1. The first-order valence-electron chi connectivity index (χ1n) is 3.18. The summed E-state index contributed by atoms with van der Waals surface area (Å²) in [5.74, 6) is 0. The van der Waals surface area contributed by atoms with E-state index >= 15 is 0 Å². The number of nitrogens with zero attached hydrogens (tertiary/aromatic N) is 1. The van der Waals surface area contributed by atoms with Gasteiger partial charge in [0.25, 0.3) is 5.19 Å². The second kappa shape index (κ2) is 4.36. The van der Waals surface area contributed by atoms with E-state index in [0.717, 1.165) is 0 Å². The molecule has 0 aliphatic rings. The van der Waals surface area contributed by atoms with E-state index in [2.05, 4.69) is 4.98 Å². The predicted molar refractivity (Wildman–Crippen MR) is 47.4 cm³/mol. The number of allylic oxidation sites excluding steroid dienone is 1. The van der Waals surface area contributed by atoms with Crippen LogP contribution in [-0.4, -0.2) is 11.6 Å². The number of rotatable bonds is 3. The number of ether oxygens (including phenoxy) is 1. The number of hydrogen-bond donors (Lipinski definition) is 0. The third-order valence-corrected chi connectivity index (χ3v) is 2.07. The fourth-order valence-electron chi connectivity index (χ4n) is 0.521. The molecule has 0 atom stereocenters. The molecule has 11 heavy (non-hydrogen) atoms. The van der Waals surface area contributed by atoms with Crippen LogP contribution in [0.2, 0.25) is 5.15 Å². The highest BCUT2D eigenvalue weighted by atomic mass is 35.5. The van der Waals surface area contributed by atoms with Crippen molar-refractivity contribution < 1.29 is 4.74 Å².